The van der Waals surface area contributed by atoms with Crippen LogP contribution in [0.25, 0.3) is 0 Å². The molecule has 0 atom stereocenters. The molecule has 4 rings (SSSR count). The number of hydrogen-bond donors (Lipinski definition) is 1. The Bertz CT molecular complexity index is 699. The standard InChI is InChI=1S/C16H25N7O/c1-22(8-13-18-16(24-21-13)10-4-3-5-10)9-14-19-20-15(23(14)2)11-6-12(17)7-11/h10-12H,3-9,17H2,1-2H3. The summed E-state index contributed by atoms with van der Waals surface area (Å²) < 4.78 is 7.48. The zero-order chi connectivity index (χ0) is 16.7. The second kappa shape index (κ2) is 6.25. The summed E-state index contributed by atoms with van der Waals surface area (Å²) >= 11 is 0. The fraction of sp³-hybridized carbons (Fsp3) is 0.750. The van der Waals surface area contributed by atoms with Crippen molar-refractivity contribution in [3.05, 3.63) is 23.4 Å². The van der Waals surface area contributed by atoms with Gasteiger partial charge in [0.25, 0.3) is 0 Å². The molecule has 2 saturated carbocycles. The van der Waals surface area contributed by atoms with E-state index < -0.39 is 0 Å². The van der Waals surface area contributed by atoms with Crippen LogP contribution >= 0.6 is 0 Å². The van der Waals surface area contributed by atoms with Crippen molar-refractivity contribution in [3.63, 3.8) is 0 Å². The second-order valence-electron chi connectivity index (χ2n) is 7.31. The molecule has 2 aromatic heterocycles. The maximum atomic E-state index is 5.88. The van der Waals surface area contributed by atoms with Crippen LogP contribution in [-0.4, -0.2) is 42.9 Å². The number of nitrogens with two attached hydrogens (primary N) is 1. The largest absolute Gasteiger partial charge is 0.339 e. The topological polar surface area (TPSA) is 98.9 Å². The van der Waals surface area contributed by atoms with Gasteiger partial charge >= 0.3 is 0 Å². The Kier molecular flexibility index (Phi) is 4.09. The predicted molar refractivity (Wildman–Crippen MR) is 87.0 cm³/mol. The summed E-state index contributed by atoms with van der Waals surface area (Å²) in [6.07, 6.45) is 5.62. The maximum absolute atomic E-state index is 5.88. The van der Waals surface area contributed by atoms with Crippen LogP contribution in [0, 0.1) is 0 Å². The van der Waals surface area contributed by atoms with E-state index in [-0.39, 0.29) is 0 Å². The summed E-state index contributed by atoms with van der Waals surface area (Å²) in [5.74, 6) is 4.48. The van der Waals surface area contributed by atoms with Gasteiger partial charge in [0.15, 0.2) is 5.82 Å². The van der Waals surface area contributed by atoms with E-state index in [1.807, 2.05) is 14.1 Å². The van der Waals surface area contributed by atoms with Crippen molar-refractivity contribution >= 4 is 0 Å². The van der Waals surface area contributed by atoms with Gasteiger partial charge in [0.05, 0.1) is 13.1 Å². The van der Waals surface area contributed by atoms with Gasteiger partial charge in [-0.2, -0.15) is 4.98 Å². The van der Waals surface area contributed by atoms with E-state index in [9.17, 15) is 0 Å². The summed E-state index contributed by atoms with van der Waals surface area (Å²) in [5, 5.41) is 12.8. The van der Waals surface area contributed by atoms with Gasteiger partial charge in [-0.15, -0.1) is 10.2 Å². The molecule has 0 bridgehead atoms. The highest BCUT2D eigenvalue weighted by Crippen LogP contribution is 2.35. The molecule has 2 N–H and O–H groups in total. The third-order valence-electron chi connectivity index (χ3n) is 5.30. The molecule has 8 heteroatoms. The number of aromatic nitrogens is 5. The van der Waals surface area contributed by atoms with Crippen LogP contribution in [0.1, 0.15) is 67.3 Å². The summed E-state index contributed by atoms with van der Waals surface area (Å²) in [5.41, 5.74) is 5.88. The highest BCUT2D eigenvalue weighted by atomic mass is 16.5. The van der Waals surface area contributed by atoms with Crippen molar-refractivity contribution in [2.24, 2.45) is 12.8 Å². The molecule has 24 heavy (non-hydrogen) atoms. The molecule has 0 spiro atoms. The first kappa shape index (κ1) is 15.7. The minimum Gasteiger partial charge on any atom is -0.339 e. The van der Waals surface area contributed by atoms with Gasteiger partial charge in [-0.3, -0.25) is 4.90 Å². The van der Waals surface area contributed by atoms with Crippen molar-refractivity contribution in [2.45, 2.75) is 63.1 Å². The fourth-order valence-corrected chi connectivity index (χ4v) is 3.43. The highest BCUT2D eigenvalue weighted by molar-refractivity contribution is 5.08. The second-order valence-corrected chi connectivity index (χ2v) is 7.31. The van der Waals surface area contributed by atoms with Crippen molar-refractivity contribution in [2.75, 3.05) is 7.05 Å². The van der Waals surface area contributed by atoms with E-state index in [1.165, 1.54) is 19.3 Å². The fourth-order valence-electron chi connectivity index (χ4n) is 3.43. The lowest BCUT2D eigenvalue weighted by Crippen LogP contribution is -2.36. The van der Waals surface area contributed by atoms with Crippen LogP contribution in [0.15, 0.2) is 4.52 Å². The van der Waals surface area contributed by atoms with Gasteiger partial charge in [0.2, 0.25) is 5.89 Å². The summed E-state index contributed by atoms with van der Waals surface area (Å²) in [4.78, 5) is 6.66. The van der Waals surface area contributed by atoms with Gasteiger partial charge < -0.3 is 14.8 Å². The van der Waals surface area contributed by atoms with Gasteiger partial charge in [0, 0.05) is 24.9 Å². The van der Waals surface area contributed by atoms with Gasteiger partial charge in [0.1, 0.15) is 11.6 Å². The lowest BCUT2D eigenvalue weighted by molar-refractivity contribution is 0.277. The Labute approximate surface area is 141 Å². The Morgan fingerprint density at radius 2 is 2.00 bits per heavy atom. The number of hydrogen-bond acceptors (Lipinski definition) is 7. The molecule has 2 fully saturated rings. The first-order chi connectivity index (χ1) is 11.6. The van der Waals surface area contributed by atoms with E-state index in [0.717, 1.165) is 36.2 Å². The van der Waals surface area contributed by atoms with Crippen LogP contribution < -0.4 is 5.73 Å². The average Bonchev–Trinajstić information content (AvgIpc) is 3.02. The van der Waals surface area contributed by atoms with E-state index in [1.54, 1.807) is 0 Å². The smallest absolute Gasteiger partial charge is 0.229 e. The third-order valence-corrected chi connectivity index (χ3v) is 5.30. The molecule has 0 amide bonds. The SMILES string of the molecule is CN(Cc1noc(C2CCC2)n1)Cc1nnc(C2CC(N)C2)n1C. The molecule has 130 valence electrons. The molecular weight excluding hydrogens is 306 g/mol. The van der Waals surface area contributed by atoms with E-state index in [4.69, 9.17) is 10.3 Å². The molecule has 0 saturated heterocycles. The van der Waals surface area contributed by atoms with Gasteiger partial charge in [-0.1, -0.05) is 11.6 Å². The molecular formula is C16H25N7O. The average molecular weight is 331 g/mol. The summed E-state index contributed by atoms with van der Waals surface area (Å²) in [7, 11) is 4.07. The normalized spacial score (nSPS) is 24.2. The van der Waals surface area contributed by atoms with E-state index in [2.05, 4.69) is 29.8 Å². The van der Waals surface area contributed by atoms with E-state index in [0.29, 0.717) is 31.0 Å². The monoisotopic (exact) mass is 331 g/mol. The lowest BCUT2D eigenvalue weighted by Gasteiger charge is -2.31. The van der Waals surface area contributed by atoms with Crippen molar-refractivity contribution in [1.82, 2.24) is 29.8 Å². The predicted octanol–water partition coefficient (Wildman–Crippen LogP) is 1.30. The third kappa shape index (κ3) is 2.95. The zero-order valence-electron chi connectivity index (χ0n) is 14.4. The van der Waals surface area contributed by atoms with Crippen molar-refractivity contribution < 1.29 is 4.52 Å². The molecule has 2 aliphatic rings. The summed E-state index contributed by atoms with van der Waals surface area (Å²) in [6, 6.07) is 0.320. The quantitative estimate of drug-likeness (QED) is 0.851. The Morgan fingerprint density at radius 1 is 1.21 bits per heavy atom. The molecule has 2 heterocycles. The maximum Gasteiger partial charge on any atom is 0.229 e. The minimum atomic E-state index is 0.320. The van der Waals surface area contributed by atoms with Crippen molar-refractivity contribution in [3.8, 4) is 0 Å². The molecule has 2 aliphatic carbocycles. The van der Waals surface area contributed by atoms with Gasteiger partial charge in [-0.05, 0) is 32.7 Å². The Balaban J connectivity index is 1.35. The highest BCUT2D eigenvalue weighted by Gasteiger charge is 2.31. The first-order valence-corrected chi connectivity index (χ1v) is 8.75. The minimum absolute atomic E-state index is 0.320. The van der Waals surface area contributed by atoms with Crippen LogP contribution in [-0.2, 0) is 20.1 Å². The first-order valence-electron chi connectivity index (χ1n) is 8.75. The van der Waals surface area contributed by atoms with Crippen LogP contribution in [0.2, 0.25) is 0 Å². The zero-order valence-corrected chi connectivity index (χ0v) is 14.4. The van der Waals surface area contributed by atoms with Crippen LogP contribution in [0.4, 0.5) is 0 Å². The van der Waals surface area contributed by atoms with E-state index >= 15 is 0 Å². The number of nitrogens with zero attached hydrogens (tertiary/aromatic N) is 6. The molecule has 0 aliphatic heterocycles. The molecule has 0 aromatic carbocycles. The number of rotatable bonds is 6. The van der Waals surface area contributed by atoms with Crippen LogP contribution in [0.3, 0.4) is 0 Å². The van der Waals surface area contributed by atoms with Crippen LogP contribution in [0.5, 0.6) is 0 Å². The van der Waals surface area contributed by atoms with Gasteiger partial charge in [-0.25, -0.2) is 0 Å². The van der Waals surface area contributed by atoms with Crippen molar-refractivity contribution in [1.29, 1.82) is 0 Å². The Hall–Kier alpha value is -1.80. The Morgan fingerprint density at radius 3 is 2.67 bits per heavy atom. The summed E-state index contributed by atoms with van der Waals surface area (Å²) in [6.45, 7) is 1.35. The molecule has 2 aromatic rings. The molecule has 0 unspecified atom stereocenters. The lowest BCUT2D eigenvalue weighted by atomic mass is 9.80. The molecule has 0 radical (unpaired) electrons. The molecule has 8 nitrogen and oxygen atoms in total.